The third-order valence-electron chi connectivity index (χ3n) is 2.24. The minimum absolute atomic E-state index is 0.157. The fraction of sp³-hybridized carbons (Fsp3) is 0. The van der Waals surface area contributed by atoms with E-state index in [2.05, 4.69) is 5.32 Å². The molecule has 2 aromatic rings. The molecule has 2 rings (SSSR count). The van der Waals surface area contributed by atoms with Gasteiger partial charge in [-0.05, 0) is 30.3 Å². The molecular weight excluding hydrogens is 218 g/mol. The van der Waals surface area contributed by atoms with Crippen molar-refractivity contribution < 1.29 is 15.0 Å². The Morgan fingerprint density at radius 1 is 1.00 bits per heavy atom. The Bertz CT molecular complexity index is 552. The summed E-state index contributed by atoms with van der Waals surface area (Å²) in [6, 6.07) is 13.1. The predicted octanol–water partition coefficient (Wildman–Crippen LogP) is 2.83. The van der Waals surface area contributed by atoms with Crippen LogP contribution >= 0.6 is 0 Å². The monoisotopic (exact) mass is 229 g/mol. The van der Waals surface area contributed by atoms with Gasteiger partial charge in [0.15, 0.2) is 0 Å². The second kappa shape index (κ2) is 4.57. The van der Waals surface area contributed by atoms with Crippen LogP contribution in [-0.2, 0) is 0 Å². The molecule has 0 unspecified atom stereocenters. The van der Waals surface area contributed by atoms with Crippen molar-refractivity contribution in [3.8, 4) is 5.75 Å². The topological polar surface area (TPSA) is 69.6 Å². The third kappa shape index (κ3) is 2.75. The number of carboxylic acids is 1. The van der Waals surface area contributed by atoms with Crippen LogP contribution in [-0.4, -0.2) is 16.2 Å². The zero-order valence-electron chi connectivity index (χ0n) is 8.92. The van der Waals surface area contributed by atoms with Crippen molar-refractivity contribution in [2.75, 3.05) is 5.32 Å². The molecule has 3 N–H and O–H groups in total. The predicted molar refractivity (Wildman–Crippen MR) is 64.8 cm³/mol. The normalized spacial score (nSPS) is 9.88. The second-order valence-electron chi connectivity index (χ2n) is 3.56. The number of aromatic carboxylic acids is 1. The first-order chi connectivity index (χ1) is 8.15. The lowest BCUT2D eigenvalue weighted by Gasteiger charge is -2.07. The van der Waals surface area contributed by atoms with E-state index in [0.717, 1.165) is 0 Å². The van der Waals surface area contributed by atoms with Crippen LogP contribution in [0.3, 0.4) is 0 Å². The molecule has 0 amide bonds. The largest absolute Gasteiger partial charge is 0.508 e. The summed E-state index contributed by atoms with van der Waals surface area (Å²) in [6.07, 6.45) is 0. The van der Waals surface area contributed by atoms with Crippen LogP contribution in [0.2, 0.25) is 0 Å². The van der Waals surface area contributed by atoms with E-state index < -0.39 is 5.97 Å². The standard InChI is InChI=1S/C13H11NO3/c15-12-6-2-5-11(8-12)14-10-4-1-3-9(7-10)13(16)17/h1-8,14-15H,(H,16,17). The molecule has 2 aromatic carbocycles. The van der Waals surface area contributed by atoms with Crippen LogP contribution in [0, 0.1) is 0 Å². The van der Waals surface area contributed by atoms with Crippen molar-refractivity contribution >= 4 is 17.3 Å². The Labute approximate surface area is 98.2 Å². The molecule has 0 spiro atoms. The SMILES string of the molecule is O=C(O)c1cccc(Nc2cccc(O)c2)c1. The van der Waals surface area contributed by atoms with Crippen molar-refractivity contribution in [2.24, 2.45) is 0 Å². The van der Waals surface area contributed by atoms with Crippen molar-refractivity contribution in [1.29, 1.82) is 0 Å². The minimum Gasteiger partial charge on any atom is -0.508 e. The van der Waals surface area contributed by atoms with Gasteiger partial charge in [-0.25, -0.2) is 4.79 Å². The number of phenolic OH excluding ortho intramolecular Hbond substituents is 1. The number of anilines is 2. The van der Waals surface area contributed by atoms with Crippen LogP contribution in [0.5, 0.6) is 5.75 Å². The van der Waals surface area contributed by atoms with E-state index >= 15 is 0 Å². The van der Waals surface area contributed by atoms with Crippen molar-refractivity contribution in [1.82, 2.24) is 0 Å². The molecule has 0 aliphatic rings. The molecule has 0 aliphatic carbocycles. The van der Waals surface area contributed by atoms with E-state index in [9.17, 15) is 9.90 Å². The molecule has 0 radical (unpaired) electrons. The van der Waals surface area contributed by atoms with Gasteiger partial charge in [-0.3, -0.25) is 0 Å². The van der Waals surface area contributed by atoms with E-state index in [1.165, 1.54) is 12.1 Å². The average Bonchev–Trinajstić information content (AvgIpc) is 2.29. The summed E-state index contributed by atoms with van der Waals surface area (Å²) < 4.78 is 0. The number of benzene rings is 2. The Kier molecular flexibility index (Phi) is 2.96. The first-order valence-corrected chi connectivity index (χ1v) is 5.04. The summed E-state index contributed by atoms with van der Waals surface area (Å²) in [5, 5.41) is 21.2. The van der Waals surface area contributed by atoms with E-state index in [0.29, 0.717) is 11.4 Å². The van der Waals surface area contributed by atoms with E-state index in [1.54, 1.807) is 36.4 Å². The summed E-state index contributed by atoms with van der Waals surface area (Å²) in [7, 11) is 0. The summed E-state index contributed by atoms with van der Waals surface area (Å²) in [6.45, 7) is 0. The number of hydrogen-bond donors (Lipinski definition) is 3. The van der Waals surface area contributed by atoms with Gasteiger partial charge in [-0.1, -0.05) is 12.1 Å². The molecule has 0 atom stereocenters. The zero-order chi connectivity index (χ0) is 12.3. The van der Waals surface area contributed by atoms with Crippen LogP contribution in [0.4, 0.5) is 11.4 Å². The molecule has 0 heterocycles. The number of aromatic hydroxyl groups is 1. The number of phenols is 1. The molecule has 0 aliphatic heterocycles. The fourth-order valence-corrected chi connectivity index (χ4v) is 1.48. The maximum absolute atomic E-state index is 10.8. The van der Waals surface area contributed by atoms with E-state index in [4.69, 9.17) is 5.11 Å². The number of rotatable bonds is 3. The van der Waals surface area contributed by atoms with Crippen LogP contribution in [0.25, 0.3) is 0 Å². The number of nitrogens with one attached hydrogen (secondary N) is 1. The minimum atomic E-state index is -0.968. The van der Waals surface area contributed by atoms with E-state index in [1.807, 2.05) is 0 Å². The van der Waals surface area contributed by atoms with Gasteiger partial charge in [-0.15, -0.1) is 0 Å². The zero-order valence-corrected chi connectivity index (χ0v) is 8.92. The molecule has 0 bridgehead atoms. The van der Waals surface area contributed by atoms with Gasteiger partial charge < -0.3 is 15.5 Å². The van der Waals surface area contributed by atoms with Crippen LogP contribution in [0.1, 0.15) is 10.4 Å². The molecule has 86 valence electrons. The Balaban J connectivity index is 2.24. The first kappa shape index (κ1) is 11.0. The molecular formula is C13H11NO3. The van der Waals surface area contributed by atoms with E-state index in [-0.39, 0.29) is 11.3 Å². The molecule has 0 saturated carbocycles. The lowest BCUT2D eigenvalue weighted by Crippen LogP contribution is -1.97. The molecule has 0 aromatic heterocycles. The maximum Gasteiger partial charge on any atom is 0.335 e. The average molecular weight is 229 g/mol. The Hall–Kier alpha value is -2.49. The number of carboxylic acid groups (broad SMARTS) is 1. The maximum atomic E-state index is 10.8. The summed E-state index contributed by atoms with van der Waals surface area (Å²) in [4.78, 5) is 10.8. The highest BCUT2D eigenvalue weighted by Crippen LogP contribution is 2.21. The number of hydrogen-bond acceptors (Lipinski definition) is 3. The first-order valence-electron chi connectivity index (χ1n) is 5.04. The lowest BCUT2D eigenvalue weighted by atomic mass is 10.2. The summed E-state index contributed by atoms with van der Waals surface area (Å²) in [5.41, 5.74) is 1.58. The number of carbonyl (C=O) groups is 1. The molecule has 0 saturated heterocycles. The highest BCUT2D eigenvalue weighted by Gasteiger charge is 2.03. The Morgan fingerprint density at radius 3 is 2.29 bits per heavy atom. The van der Waals surface area contributed by atoms with Crippen molar-refractivity contribution in [3.05, 3.63) is 54.1 Å². The molecule has 4 heteroatoms. The quantitative estimate of drug-likeness (QED) is 0.756. The Morgan fingerprint density at radius 2 is 1.65 bits per heavy atom. The molecule has 17 heavy (non-hydrogen) atoms. The van der Waals surface area contributed by atoms with Crippen LogP contribution in [0.15, 0.2) is 48.5 Å². The highest BCUT2D eigenvalue weighted by atomic mass is 16.4. The molecule has 0 fully saturated rings. The summed E-state index contributed by atoms with van der Waals surface area (Å²) >= 11 is 0. The van der Waals surface area contributed by atoms with Gasteiger partial charge in [0.25, 0.3) is 0 Å². The van der Waals surface area contributed by atoms with Gasteiger partial charge in [0.1, 0.15) is 5.75 Å². The fourth-order valence-electron chi connectivity index (χ4n) is 1.48. The van der Waals surface area contributed by atoms with Gasteiger partial charge in [0.05, 0.1) is 5.56 Å². The third-order valence-corrected chi connectivity index (χ3v) is 2.24. The summed E-state index contributed by atoms with van der Waals surface area (Å²) in [5.74, 6) is -0.811. The highest BCUT2D eigenvalue weighted by molar-refractivity contribution is 5.89. The van der Waals surface area contributed by atoms with Gasteiger partial charge >= 0.3 is 5.97 Å². The smallest absolute Gasteiger partial charge is 0.335 e. The lowest BCUT2D eigenvalue weighted by molar-refractivity contribution is 0.0697. The second-order valence-corrected chi connectivity index (χ2v) is 3.56. The van der Waals surface area contributed by atoms with Gasteiger partial charge in [0, 0.05) is 17.4 Å². The van der Waals surface area contributed by atoms with Gasteiger partial charge in [0.2, 0.25) is 0 Å². The van der Waals surface area contributed by atoms with Crippen LogP contribution < -0.4 is 5.32 Å². The van der Waals surface area contributed by atoms with Crippen molar-refractivity contribution in [2.45, 2.75) is 0 Å². The molecule has 4 nitrogen and oxygen atoms in total. The van der Waals surface area contributed by atoms with Crippen molar-refractivity contribution in [3.63, 3.8) is 0 Å². The van der Waals surface area contributed by atoms with Gasteiger partial charge in [-0.2, -0.15) is 0 Å².